The number of rotatable bonds is 6. The van der Waals surface area contributed by atoms with Crippen molar-refractivity contribution in [3.8, 4) is 11.3 Å². The average Bonchev–Trinajstić information content (AvgIpc) is 3.15. The van der Waals surface area contributed by atoms with Crippen LogP contribution in [0.15, 0.2) is 41.8 Å². The lowest BCUT2D eigenvalue weighted by Gasteiger charge is -2.13. The molecule has 0 bridgehead atoms. The predicted molar refractivity (Wildman–Crippen MR) is 117 cm³/mol. The summed E-state index contributed by atoms with van der Waals surface area (Å²) < 4.78 is 18.9. The number of amides is 1. The van der Waals surface area contributed by atoms with Gasteiger partial charge in [-0.05, 0) is 31.2 Å². The van der Waals surface area contributed by atoms with Crippen molar-refractivity contribution >= 4 is 63.1 Å². The molecule has 3 aromatic rings. The van der Waals surface area contributed by atoms with Gasteiger partial charge in [-0.25, -0.2) is 9.37 Å². The van der Waals surface area contributed by atoms with Crippen LogP contribution in [0.5, 0.6) is 0 Å². The molecule has 1 heterocycles. The minimum Gasteiger partial charge on any atom is -0.452 e. The lowest BCUT2D eigenvalue weighted by atomic mass is 10.1. The fourth-order valence-electron chi connectivity index (χ4n) is 2.46. The lowest BCUT2D eigenvalue weighted by molar-refractivity contribution is -0.152. The second-order valence-electron chi connectivity index (χ2n) is 6.17. The summed E-state index contributed by atoms with van der Waals surface area (Å²) in [6.07, 6.45) is -1.50. The first-order valence-electron chi connectivity index (χ1n) is 8.58. The molecule has 30 heavy (non-hydrogen) atoms. The number of carbonyl (C=O) groups is 2. The van der Waals surface area contributed by atoms with Gasteiger partial charge in [0.2, 0.25) is 0 Å². The molecule has 0 fully saturated rings. The van der Waals surface area contributed by atoms with E-state index in [2.05, 4.69) is 10.3 Å². The summed E-state index contributed by atoms with van der Waals surface area (Å²) in [7, 11) is 0. The topological polar surface area (TPSA) is 68.3 Å². The highest BCUT2D eigenvalue weighted by Gasteiger charge is 2.21. The third-order valence-electron chi connectivity index (χ3n) is 4.01. The highest BCUT2D eigenvalue weighted by molar-refractivity contribution is 7.14. The Labute approximate surface area is 190 Å². The number of thiazole rings is 1. The summed E-state index contributed by atoms with van der Waals surface area (Å²) in [6.45, 7) is 1.41. The monoisotopic (exact) mass is 486 g/mol. The van der Waals surface area contributed by atoms with Crippen LogP contribution in [0.25, 0.3) is 11.3 Å². The van der Waals surface area contributed by atoms with Gasteiger partial charge in [-0.3, -0.25) is 14.9 Å². The fourth-order valence-corrected chi connectivity index (χ4v) is 3.71. The summed E-state index contributed by atoms with van der Waals surface area (Å²) in [5.41, 5.74) is 1.36. The van der Waals surface area contributed by atoms with Gasteiger partial charge in [0, 0.05) is 21.5 Å². The van der Waals surface area contributed by atoms with Crippen molar-refractivity contribution < 1.29 is 18.7 Å². The number of esters is 1. The predicted octanol–water partition coefficient (Wildman–Crippen LogP) is 6.02. The Kier molecular flexibility index (Phi) is 7.31. The standard InChI is InChI=1S/C20H14Cl3FN2O3S/c1-10(29-18(27)8-12-13(21)3-2-4-16(12)24)19(28)26-20-25-17(9-30-20)11-5-6-14(22)15(23)7-11/h2-7,9-10H,8H2,1H3,(H,25,26,28)/t10-/m1/s1. The fraction of sp³-hybridized carbons (Fsp3) is 0.150. The van der Waals surface area contributed by atoms with Gasteiger partial charge in [0.1, 0.15) is 5.82 Å². The summed E-state index contributed by atoms with van der Waals surface area (Å²) in [4.78, 5) is 28.7. The minimum absolute atomic E-state index is 0.0166. The highest BCUT2D eigenvalue weighted by atomic mass is 35.5. The number of carbonyl (C=O) groups excluding carboxylic acids is 2. The van der Waals surface area contributed by atoms with Crippen molar-refractivity contribution in [3.63, 3.8) is 0 Å². The molecule has 0 spiro atoms. The SMILES string of the molecule is C[C@@H](OC(=O)Cc1c(F)cccc1Cl)C(=O)Nc1nc(-c2ccc(Cl)c(Cl)c2)cs1. The van der Waals surface area contributed by atoms with Gasteiger partial charge in [-0.1, -0.05) is 46.9 Å². The Hall–Kier alpha value is -2.19. The molecule has 10 heteroatoms. The molecule has 0 aliphatic carbocycles. The molecule has 1 atom stereocenters. The van der Waals surface area contributed by atoms with Crippen LogP contribution >= 0.6 is 46.1 Å². The van der Waals surface area contributed by atoms with Crippen LogP contribution < -0.4 is 5.32 Å². The van der Waals surface area contributed by atoms with Crippen molar-refractivity contribution in [3.05, 3.63) is 68.2 Å². The van der Waals surface area contributed by atoms with Gasteiger partial charge >= 0.3 is 5.97 Å². The second-order valence-corrected chi connectivity index (χ2v) is 8.24. The van der Waals surface area contributed by atoms with E-state index in [1.54, 1.807) is 23.6 Å². The van der Waals surface area contributed by atoms with E-state index in [1.807, 2.05) is 0 Å². The molecular weight excluding hydrogens is 474 g/mol. The molecule has 1 amide bonds. The van der Waals surface area contributed by atoms with Crippen molar-refractivity contribution in [2.75, 3.05) is 5.32 Å². The maximum Gasteiger partial charge on any atom is 0.311 e. The minimum atomic E-state index is -1.11. The lowest BCUT2D eigenvalue weighted by Crippen LogP contribution is -2.30. The summed E-state index contributed by atoms with van der Waals surface area (Å²) in [5, 5.41) is 5.58. The number of hydrogen-bond donors (Lipinski definition) is 1. The van der Waals surface area contributed by atoms with E-state index in [-0.39, 0.29) is 17.0 Å². The largest absolute Gasteiger partial charge is 0.452 e. The summed E-state index contributed by atoms with van der Waals surface area (Å²) in [6, 6.07) is 9.18. The van der Waals surface area contributed by atoms with Gasteiger partial charge in [0.15, 0.2) is 11.2 Å². The first kappa shape index (κ1) is 22.5. The molecule has 156 valence electrons. The molecule has 1 aromatic heterocycles. The Morgan fingerprint density at radius 2 is 1.93 bits per heavy atom. The number of benzene rings is 2. The first-order chi connectivity index (χ1) is 14.2. The third kappa shape index (κ3) is 5.49. The molecule has 0 aliphatic heterocycles. The van der Waals surface area contributed by atoms with E-state index in [0.29, 0.717) is 20.9 Å². The van der Waals surface area contributed by atoms with Crippen LogP contribution in [0.1, 0.15) is 12.5 Å². The molecular formula is C20H14Cl3FN2O3S. The van der Waals surface area contributed by atoms with E-state index in [1.165, 1.54) is 36.5 Å². The maximum absolute atomic E-state index is 13.8. The number of nitrogens with one attached hydrogen (secondary N) is 1. The van der Waals surface area contributed by atoms with Gasteiger partial charge in [0.25, 0.3) is 5.91 Å². The van der Waals surface area contributed by atoms with Crippen molar-refractivity contribution in [1.29, 1.82) is 0 Å². The van der Waals surface area contributed by atoms with Crippen molar-refractivity contribution in [1.82, 2.24) is 4.98 Å². The molecule has 0 unspecified atom stereocenters. The highest BCUT2D eigenvalue weighted by Crippen LogP contribution is 2.30. The Bertz CT molecular complexity index is 1090. The van der Waals surface area contributed by atoms with Crippen molar-refractivity contribution in [2.45, 2.75) is 19.4 Å². The normalized spacial score (nSPS) is 11.8. The first-order valence-corrected chi connectivity index (χ1v) is 10.6. The second kappa shape index (κ2) is 9.75. The number of aromatic nitrogens is 1. The van der Waals surface area contributed by atoms with Crippen LogP contribution in [0.4, 0.5) is 9.52 Å². The van der Waals surface area contributed by atoms with Gasteiger partial charge in [0.05, 0.1) is 22.2 Å². The summed E-state index contributed by atoms with van der Waals surface area (Å²) in [5.74, 6) is -1.97. The van der Waals surface area contributed by atoms with E-state index >= 15 is 0 Å². The zero-order valence-corrected chi connectivity index (χ0v) is 18.5. The Balaban J connectivity index is 1.60. The van der Waals surface area contributed by atoms with Crippen molar-refractivity contribution in [2.24, 2.45) is 0 Å². The van der Waals surface area contributed by atoms with Crippen LogP contribution in [-0.4, -0.2) is 23.0 Å². The number of hydrogen-bond acceptors (Lipinski definition) is 5. The maximum atomic E-state index is 13.8. The van der Waals surface area contributed by atoms with Gasteiger partial charge in [-0.2, -0.15) is 0 Å². The summed E-state index contributed by atoms with van der Waals surface area (Å²) >= 11 is 19.0. The van der Waals surface area contributed by atoms with E-state index in [4.69, 9.17) is 39.5 Å². The average molecular weight is 488 g/mol. The molecule has 3 rings (SSSR count). The van der Waals surface area contributed by atoms with Crippen LogP contribution in [0, 0.1) is 5.82 Å². The third-order valence-corrected chi connectivity index (χ3v) is 5.86. The van der Waals surface area contributed by atoms with Gasteiger partial charge in [-0.15, -0.1) is 11.3 Å². The zero-order valence-electron chi connectivity index (χ0n) is 15.4. The number of halogens is 4. The molecule has 0 saturated heterocycles. The molecule has 0 aliphatic rings. The Morgan fingerprint density at radius 3 is 2.63 bits per heavy atom. The van der Waals surface area contributed by atoms with E-state index < -0.39 is 23.8 Å². The molecule has 0 radical (unpaired) electrons. The van der Waals surface area contributed by atoms with Crippen LogP contribution in [-0.2, 0) is 20.7 Å². The van der Waals surface area contributed by atoms with Crippen LogP contribution in [0.3, 0.4) is 0 Å². The Morgan fingerprint density at radius 1 is 1.17 bits per heavy atom. The van der Waals surface area contributed by atoms with Crippen LogP contribution in [0.2, 0.25) is 15.1 Å². The smallest absolute Gasteiger partial charge is 0.311 e. The number of nitrogens with zero attached hydrogens (tertiary/aromatic N) is 1. The molecule has 5 nitrogen and oxygen atoms in total. The molecule has 0 saturated carbocycles. The molecule has 1 N–H and O–H groups in total. The number of ether oxygens (including phenoxy) is 1. The zero-order chi connectivity index (χ0) is 21.8. The van der Waals surface area contributed by atoms with E-state index in [9.17, 15) is 14.0 Å². The molecule has 2 aromatic carbocycles. The number of anilines is 1. The quantitative estimate of drug-likeness (QED) is 0.432. The van der Waals surface area contributed by atoms with Gasteiger partial charge < -0.3 is 4.74 Å². The van der Waals surface area contributed by atoms with E-state index in [0.717, 1.165) is 5.56 Å².